The summed E-state index contributed by atoms with van der Waals surface area (Å²) in [6.07, 6.45) is 2.75. The van der Waals surface area contributed by atoms with Crippen molar-refractivity contribution < 1.29 is 8.42 Å². The lowest BCUT2D eigenvalue weighted by atomic mass is 10.2. The summed E-state index contributed by atoms with van der Waals surface area (Å²) in [6.45, 7) is 2.62. The highest BCUT2D eigenvalue weighted by Gasteiger charge is 2.08. The summed E-state index contributed by atoms with van der Waals surface area (Å²) in [5.41, 5.74) is 0.992. The zero-order valence-corrected chi connectivity index (χ0v) is 13.8. The van der Waals surface area contributed by atoms with Gasteiger partial charge in [0.05, 0.1) is 10.3 Å². The van der Waals surface area contributed by atoms with E-state index < -0.39 is 9.84 Å². The van der Waals surface area contributed by atoms with Crippen LogP contribution in [0.4, 0.5) is 5.82 Å². The van der Waals surface area contributed by atoms with Gasteiger partial charge in [0.25, 0.3) is 0 Å². The maximum atomic E-state index is 11.4. The number of hydrogen-bond acceptors (Lipinski definition) is 6. The number of hydrogen-bond donors (Lipinski definition) is 1. The van der Waals surface area contributed by atoms with E-state index in [1.165, 1.54) is 11.1 Å². The van der Waals surface area contributed by atoms with Crippen molar-refractivity contribution in [2.24, 2.45) is 0 Å². The molecule has 114 valence electrons. The van der Waals surface area contributed by atoms with Crippen molar-refractivity contribution in [2.75, 3.05) is 11.6 Å². The Kier molecular flexibility index (Phi) is 3.84. The van der Waals surface area contributed by atoms with Gasteiger partial charge in [0.2, 0.25) is 0 Å². The van der Waals surface area contributed by atoms with Crippen LogP contribution in [-0.2, 0) is 16.4 Å². The number of aryl methyl sites for hydroxylation is 1. The van der Waals surface area contributed by atoms with Crippen molar-refractivity contribution in [2.45, 2.75) is 18.4 Å². The van der Waals surface area contributed by atoms with E-state index in [2.05, 4.69) is 21.4 Å². The first kappa shape index (κ1) is 14.9. The van der Waals surface area contributed by atoms with Crippen LogP contribution >= 0.6 is 11.3 Å². The number of rotatable bonds is 4. The summed E-state index contributed by atoms with van der Waals surface area (Å²) in [6, 6.07) is 8.92. The van der Waals surface area contributed by atoms with Gasteiger partial charge >= 0.3 is 0 Å². The molecule has 1 N–H and O–H groups in total. The summed E-state index contributed by atoms with van der Waals surface area (Å²) in [4.78, 5) is 11.0. The Balaban J connectivity index is 1.79. The molecule has 1 aromatic carbocycles. The van der Waals surface area contributed by atoms with Crippen LogP contribution in [0.5, 0.6) is 0 Å². The third-order valence-electron chi connectivity index (χ3n) is 3.26. The maximum absolute atomic E-state index is 11.4. The van der Waals surface area contributed by atoms with Gasteiger partial charge in [0.15, 0.2) is 9.84 Å². The second-order valence-electron chi connectivity index (χ2n) is 5.07. The first-order valence-electron chi connectivity index (χ1n) is 6.67. The van der Waals surface area contributed by atoms with Crippen LogP contribution in [0.15, 0.2) is 41.6 Å². The standard InChI is InChI=1S/C15H15N3O2S2/c1-10-7-13-14(17-9-18-15(13)21-10)16-8-11-3-5-12(6-4-11)22(2,19)20/h3-7,9H,8H2,1-2H3,(H,16,17,18). The quantitative estimate of drug-likeness (QED) is 0.794. The Labute approximate surface area is 133 Å². The van der Waals surface area contributed by atoms with Gasteiger partial charge in [-0.05, 0) is 30.7 Å². The fourth-order valence-corrected chi connectivity index (χ4v) is 3.63. The molecule has 2 heterocycles. The van der Waals surface area contributed by atoms with E-state index in [1.54, 1.807) is 41.9 Å². The van der Waals surface area contributed by atoms with Gasteiger partial charge in [-0.15, -0.1) is 11.3 Å². The zero-order valence-electron chi connectivity index (χ0n) is 12.2. The molecule has 0 bridgehead atoms. The molecule has 0 atom stereocenters. The predicted molar refractivity (Wildman–Crippen MR) is 89.0 cm³/mol. The normalized spacial score (nSPS) is 11.7. The Bertz CT molecular complexity index is 916. The van der Waals surface area contributed by atoms with Crippen LogP contribution in [-0.4, -0.2) is 24.6 Å². The highest BCUT2D eigenvalue weighted by molar-refractivity contribution is 7.90. The first-order chi connectivity index (χ1) is 10.4. The minimum Gasteiger partial charge on any atom is -0.365 e. The molecule has 0 unspecified atom stereocenters. The third kappa shape index (κ3) is 3.10. The molecule has 0 aliphatic carbocycles. The van der Waals surface area contributed by atoms with Crippen molar-refractivity contribution >= 4 is 37.2 Å². The fraction of sp³-hybridized carbons (Fsp3) is 0.200. The lowest BCUT2D eigenvalue weighted by molar-refractivity contribution is 0.602. The Morgan fingerprint density at radius 2 is 1.91 bits per heavy atom. The van der Waals surface area contributed by atoms with Crippen molar-refractivity contribution in [3.8, 4) is 0 Å². The average Bonchev–Trinajstić information content (AvgIpc) is 2.85. The third-order valence-corrected chi connectivity index (χ3v) is 5.35. The van der Waals surface area contributed by atoms with Gasteiger partial charge in [-0.1, -0.05) is 12.1 Å². The van der Waals surface area contributed by atoms with Crippen LogP contribution in [0, 0.1) is 6.92 Å². The highest BCUT2D eigenvalue weighted by atomic mass is 32.2. The smallest absolute Gasteiger partial charge is 0.175 e. The molecule has 0 aliphatic heterocycles. The number of anilines is 1. The molecule has 0 aliphatic rings. The molecular formula is C15H15N3O2S2. The predicted octanol–water partition coefficient (Wildman–Crippen LogP) is 3.02. The first-order valence-corrected chi connectivity index (χ1v) is 9.38. The van der Waals surface area contributed by atoms with Crippen molar-refractivity contribution in [3.63, 3.8) is 0 Å². The van der Waals surface area contributed by atoms with E-state index >= 15 is 0 Å². The summed E-state index contributed by atoms with van der Waals surface area (Å²) in [5.74, 6) is 0.793. The van der Waals surface area contributed by atoms with E-state index in [-0.39, 0.29) is 0 Å². The van der Waals surface area contributed by atoms with Crippen LogP contribution in [0.3, 0.4) is 0 Å². The second kappa shape index (κ2) is 5.66. The van der Waals surface area contributed by atoms with E-state index in [4.69, 9.17) is 0 Å². The van der Waals surface area contributed by atoms with Crippen molar-refractivity contribution in [1.82, 2.24) is 9.97 Å². The average molecular weight is 333 g/mol. The van der Waals surface area contributed by atoms with E-state index in [0.29, 0.717) is 11.4 Å². The van der Waals surface area contributed by atoms with Gasteiger partial charge in [-0.25, -0.2) is 18.4 Å². The van der Waals surface area contributed by atoms with E-state index in [0.717, 1.165) is 21.6 Å². The topological polar surface area (TPSA) is 72.0 Å². The van der Waals surface area contributed by atoms with Gasteiger partial charge in [-0.3, -0.25) is 0 Å². The molecular weight excluding hydrogens is 318 g/mol. The largest absolute Gasteiger partial charge is 0.365 e. The Morgan fingerprint density at radius 3 is 2.59 bits per heavy atom. The molecule has 3 rings (SSSR count). The van der Waals surface area contributed by atoms with Crippen LogP contribution in [0.25, 0.3) is 10.2 Å². The fourth-order valence-electron chi connectivity index (χ4n) is 2.16. The van der Waals surface area contributed by atoms with Crippen molar-refractivity contribution in [1.29, 1.82) is 0 Å². The van der Waals surface area contributed by atoms with E-state index in [9.17, 15) is 8.42 Å². The van der Waals surface area contributed by atoms with Crippen LogP contribution < -0.4 is 5.32 Å². The van der Waals surface area contributed by atoms with Gasteiger partial charge in [0.1, 0.15) is 17.0 Å². The molecule has 0 radical (unpaired) electrons. The number of aromatic nitrogens is 2. The summed E-state index contributed by atoms with van der Waals surface area (Å²) in [5, 5.41) is 4.29. The van der Waals surface area contributed by atoms with Gasteiger partial charge < -0.3 is 5.32 Å². The van der Waals surface area contributed by atoms with Crippen LogP contribution in [0.2, 0.25) is 0 Å². The lowest BCUT2D eigenvalue weighted by Crippen LogP contribution is -2.03. The number of nitrogens with one attached hydrogen (secondary N) is 1. The number of nitrogens with zero attached hydrogens (tertiary/aromatic N) is 2. The van der Waals surface area contributed by atoms with Gasteiger partial charge in [-0.2, -0.15) is 0 Å². The van der Waals surface area contributed by atoms with Gasteiger partial charge in [0, 0.05) is 17.7 Å². The molecule has 0 fully saturated rings. The SMILES string of the molecule is Cc1cc2c(NCc3ccc(S(C)(=O)=O)cc3)ncnc2s1. The molecule has 3 aromatic rings. The Hall–Kier alpha value is -1.99. The minimum atomic E-state index is -3.15. The molecule has 7 heteroatoms. The molecule has 0 amide bonds. The number of sulfone groups is 1. The molecule has 0 saturated carbocycles. The molecule has 0 spiro atoms. The molecule has 2 aromatic heterocycles. The molecule has 5 nitrogen and oxygen atoms in total. The molecule has 22 heavy (non-hydrogen) atoms. The molecule has 0 saturated heterocycles. The minimum absolute atomic E-state index is 0.328. The van der Waals surface area contributed by atoms with E-state index in [1.807, 2.05) is 6.92 Å². The number of fused-ring (bicyclic) bond motifs is 1. The summed E-state index contributed by atoms with van der Waals surface area (Å²) < 4.78 is 22.9. The monoisotopic (exact) mass is 333 g/mol. The summed E-state index contributed by atoms with van der Waals surface area (Å²) >= 11 is 1.63. The maximum Gasteiger partial charge on any atom is 0.175 e. The second-order valence-corrected chi connectivity index (χ2v) is 8.32. The highest BCUT2D eigenvalue weighted by Crippen LogP contribution is 2.27. The lowest BCUT2D eigenvalue weighted by Gasteiger charge is -2.07. The zero-order chi connectivity index (χ0) is 15.7. The van der Waals surface area contributed by atoms with Crippen molar-refractivity contribution in [3.05, 3.63) is 47.1 Å². The number of thiophene rings is 1. The number of benzene rings is 1. The van der Waals surface area contributed by atoms with Crippen LogP contribution in [0.1, 0.15) is 10.4 Å². The Morgan fingerprint density at radius 1 is 1.18 bits per heavy atom. The summed E-state index contributed by atoms with van der Waals surface area (Å²) in [7, 11) is -3.15.